The average molecular weight is 228 g/mol. The second-order valence-electron chi connectivity index (χ2n) is 4.78. The van der Waals surface area contributed by atoms with Gasteiger partial charge in [-0.05, 0) is 18.1 Å². The van der Waals surface area contributed by atoms with E-state index in [-0.39, 0.29) is 6.04 Å². The summed E-state index contributed by atoms with van der Waals surface area (Å²) in [4.78, 5) is 4.64. The summed E-state index contributed by atoms with van der Waals surface area (Å²) < 4.78 is 7.72. The van der Waals surface area contributed by atoms with Crippen molar-refractivity contribution in [3.05, 3.63) is 36.5 Å². The van der Waals surface area contributed by atoms with Crippen molar-refractivity contribution in [3.8, 4) is 0 Å². The lowest BCUT2D eigenvalue weighted by Crippen LogP contribution is -2.13. The highest BCUT2D eigenvalue weighted by molar-refractivity contribution is 5.91. The molecule has 0 amide bonds. The minimum atomic E-state index is 0.283. The Morgan fingerprint density at radius 1 is 1.29 bits per heavy atom. The van der Waals surface area contributed by atoms with E-state index in [2.05, 4.69) is 37.0 Å². The van der Waals surface area contributed by atoms with Gasteiger partial charge in [0.2, 0.25) is 0 Å². The lowest BCUT2D eigenvalue weighted by molar-refractivity contribution is 0.284. The molecule has 2 aromatic rings. The third-order valence-electron chi connectivity index (χ3n) is 3.23. The topological polar surface area (TPSA) is 26.5 Å². The number of hydrogen-bond donors (Lipinski definition) is 0. The zero-order valence-electron chi connectivity index (χ0n) is 10.1. The molecule has 1 atom stereocenters. The van der Waals surface area contributed by atoms with Crippen LogP contribution < -0.4 is 0 Å². The molecule has 1 aromatic heterocycles. The maximum absolute atomic E-state index is 5.69. The number of nitrogens with zero attached hydrogens (tertiary/aromatic N) is 2. The number of aliphatic imine (C=N–C) groups is 1. The molecule has 0 N–H and O–H groups in total. The molecule has 0 unspecified atom stereocenters. The maximum Gasteiger partial charge on any atom is 0.296 e. The van der Waals surface area contributed by atoms with E-state index in [1.165, 1.54) is 5.39 Å². The molecular weight excluding hydrogens is 212 g/mol. The summed E-state index contributed by atoms with van der Waals surface area (Å²) in [6.07, 6.45) is 2.02. The molecule has 88 valence electrons. The number of para-hydroxylation sites is 1. The summed E-state index contributed by atoms with van der Waals surface area (Å²) in [6.45, 7) is 5.04. The SMILES string of the molecule is CC(C)[C@H]1COC(n2ccc3ccccc32)=N1. The Labute approximate surface area is 101 Å². The molecule has 3 heteroatoms. The first kappa shape index (κ1) is 10.4. The molecule has 0 aliphatic carbocycles. The molecule has 3 rings (SSSR count). The van der Waals surface area contributed by atoms with Crippen LogP contribution in [0.15, 0.2) is 41.5 Å². The molecule has 1 aliphatic heterocycles. The van der Waals surface area contributed by atoms with Gasteiger partial charge in [-0.25, -0.2) is 4.99 Å². The highest BCUT2D eigenvalue weighted by atomic mass is 16.5. The third kappa shape index (κ3) is 1.71. The Morgan fingerprint density at radius 2 is 2.12 bits per heavy atom. The van der Waals surface area contributed by atoms with Crippen molar-refractivity contribution in [2.24, 2.45) is 10.9 Å². The van der Waals surface area contributed by atoms with E-state index in [9.17, 15) is 0 Å². The molecule has 1 aromatic carbocycles. The summed E-state index contributed by atoms with van der Waals surface area (Å²) in [5.74, 6) is 0.523. The van der Waals surface area contributed by atoms with Crippen LogP contribution in [0.25, 0.3) is 10.9 Å². The molecule has 3 nitrogen and oxygen atoms in total. The Kier molecular flexibility index (Phi) is 2.39. The molecule has 17 heavy (non-hydrogen) atoms. The van der Waals surface area contributed by atoms with Crippen molar-refractivity contribution in [3.63, 3.8) is 0 Å². The van der Waals surface area contributed by atoms with Crippen LogP contribution in [-0.2, 0) is 4.74 Å². The monoisotopic (exact) mass is 228 g/mol. The van der Waals surface area contributed by atoms with E-state index in [0.29, 0.717) is 12.5 Å². The van der Waals surface area contributed by atoms with Gasteiger partial charge < -0.3 is 4.74 Å². The fourth-order valence-electron chi connectivity index (χ4n) is 2.10. The Bertz CT molecular complexity index is 568. The summed E-state index contributed by atoms with van der Waals surface area (Å²) in [6, 6.07) is 11.4. The van der Waals surface area contributed by atoms with Crippen LogP contribution in [0.2, 0.25) is 0 Å². The Balaban J connectivity index is 2.03. The highest BCUT2D eigenvalue weighted by Crippen LogP contribution is 2.19. The van der Waals surface area contributed by atoms with Crippen molar-refractivity contribution in [1.29, 1.82) is 0 Å². The van der Waals surface area contributed by atoms with Crippen LogP contribution in [0.4, 0.5) is 0 Å². The maximum atomic E-state index is 5.69. The van der Waals surface area contributed by atoms with Gasteiger partial charge >= 0.3 is 0 Å². The quantitative estimate of drug-likeness (QED) is 0.737. The first-order valence-electron chi connectivity index (χ1n) is 6.03. The first-order valence-corrected chi connectivity index (χ1v) is 6.03. The van der Waals surface area contributed by atoms with Gasteiger partial charge in [0.25, 0.3) is 6.02 Å². The van der Waals surface area contributed by atoms with E-state index >= 15 is 0 Å². The normalized spacial score (nSPS) is 19.7. The zero-order valence-corrected chi connectivity index (χ0v) is 10.1. The number of hydrogen-bond acceptors (Lipinski definition) is 2. The van der Waals surface area contributed by atoms with Gasteiger partial charge in [-0.2, -0.15) is 0 Å². The van der Waals surface area contributed by atoms with E-state index in [0.717, 1.165) is 11.5 Å². The van der Waals surface area contributed by atoms with Gasteiger partial charge in [-0.3, -0.25) is 4.57 Å². The second-order valence-corrected chi connectivity index (χ2v) is 4.78. The van der Waals surface area contributed by atoms with Gasteiger partial charge in [-0.1, -0.05) is 32.0 Å². The van der Waals surface area contributed by atoms with E-state index < -0.39 is 0 Å². The molecule has 0 saturated carbocycles. The lowest BCUT2D eigenvalue weighted by atomic mass is 10.1. The van der Waals surface area contributed by atoms with Crippen molar-refractivity contribution in [1.82, 2.24) is 4.57 Å². The molecule has 0 radical (unpaired) electrons. The first-order chi connectivity index (χ1) is 8.25. The van der Waals surface area contributed by atoms with Crippen LogP contribution in [0, 0.1) is 5.92 Å². The molecule has 2 heterocycles. The molecule has 1 aliphatic rings. The minimum absolute atomic E-state index is 0.283. The smallest absolute Gasteiger partial charge is 0.296 e. The number of fused-ring (bicyclic) bond motifs is 1. The predicted octanol–water partition coefficient (Wildman–Crippen LogP) is 2.90. The van der Waals surface area contributed by atoms with Crippen molar-refractivity contribution < 1.29 is 4.74 Å². The van der Waals surface area contributed by atoms with Gasteiger partial charge in [0, 0.05) is 11.6 Å². The van der Waals surface area contributed by atoms with Crippen molar-refractivity contribution >= 4 is 16.9 Å². The van der Waals surface area contributed by atoms with Crippen LogP contribution in [0.3, 0.4) is 0 Å². The lowest BCUT2D eigenvalue weighted by Gasteiger charge is -2.06. The van der Waals surface area contributed by atoms with Gasteiger partial charge in [0.05, 0.1) is 11.6 Å². The van der Waals surface area contributed by atoms with E-state index in [1.54, 1.807) is 0 Å². The number of benzene rings is 1. The Hall–Kier alpha value is -1.77. The fourth-order valence-corrected chi connectivity index (χ4v) is 2.10. The predicted molar refractivity (Wildman–Crippen MR) is 69.3 cm³/mol. The Morgan fingerprint density at radius 3 is 2.88 bits per heavy atom. The van der Waals surface area contributed by atoms with Gasteiger partial charge in [0.15, 0.2) is 0 Å². The van der Waals surface area contributed by atoms with Crippen LogP contribution in [0.1, 0.15) is 13.8 Å². The van der Waals surface area contributed by atoms with E-state index in [4.69, 9.17) is 4.74 Å². The van der Waals surface area contributed by atoms with Crippen molar-refractivity contribution in [2.45, 2.75) is 19.9 Å². The molecular formula is C14H16N2O. The third-order valence-corrected chi connectivity index (χ3v) is 3.23. The average Bonchev–Trinajstić information content (AvgIpc) is 2.95. The highest BCUT2D eigenvalue weighted by Gasteiger charge is 2.23. The summed E-state index contributed by atoms with van der Waals surface area (Å²) in [5, 5.41) is 1.21. The molecule has 0 spiro atoms. The summed E-state index contributed by atoms with van der Waals surface area (Å²) in [7, 11) is 0. The van der Waals surface area contributed by atoms with Crippen LogP contribution >= 0.6 is 0 Å². The minimum Gasteiger partial charge on any atom is -0.462 e. The molecule has 0 saturated heterocycles. The largest absolute Gasteiger partial charge is 0.462 e. The van der Waals surface area contributed by atoms with Crippen LogP contribution in [0.5, 0.6) is 0 Å². The zero-order chi connectivity index (χ0) is 11.8. The second kappa shape index (κ2) is 3.91. The van der Waals surface area contributed by atoms with Crippen LogP contribution in [-0.4, -0.2) is 23.2 Å². The molecule has 0 fully saturated rings. The summed E-state index contributed by atoms with van der Waals surface area (Å²) in [5.41, 5.74) is 1.15. The van der Waals surface area contributed by atoms with Gasteiger partial charge in [-0.15, -0.1) is 0 Å². The number of ether oxygens (including phenoxy) is 1. The standard InChI is InChI=1S/C14H16N2O/c1-10(2)12-9-17-14(15-12)16-8-7-11-5-3-4-6-13(11)16/h3-8,10,12H,9H2,1-2H3/t12-/m1/s1. The molecule has 0 bridgehead atoms. The van der Waals surface area contributed by atoms with E-state index in [1.807, 2.05) is 22.9 Å². The fraction of sp³-hybridized carbons (Fsp3) is 0.357. The number of rotatable bonds is 1. The summed E-state index contributed by atoms with van der Waals surface area (Å²) >= 11 is 0. The van der Waals surface area contributed by atoms with Crippen molar-refractivity contribution in [2.75, 3.05) is 6.61 Å². The number of aromatic nitrogens is 1. The van der Waals surface area contributed by atoms with Gasteiger partial charge in [0.1, 0.15) is 6.61 Å².